The van der Waals surface area contributed by atoms with Gasteiger partial charge < -0.3 is 14.4 Å². The van der Waals surface area contributed by atoms with Gasteiger partial charge in [-0.1, -0.05) is 5.10 Å². The van der Waals surface area contributed by atoms with Crippen LogP contribution in [0, 0.1) is 0 Å². The summed E-state index contributed by atoms with van der Waals surface area (Å²) in [7, 11) is 2.99. The highest BCUT2D eigenvalue weighted by Crippen LogP contribution is 2.28. The average Bonchev–Trinajstić information content (AvgIpc) is 3.20. The van der Waals surface area contributed by atoms with Gasteiger partial charge in [0.15, 0.2) is 0 Å². The molecule has 0 radical (unpaired) electrons. The largest absolute Gasteiger partial charge is 0.447 e. The second-order valence-corrected chi connectivity index (χ2v) is 6.13. The Morgan fingerprint density at radius 2 is 2.14 bits per heavy atom. The molecule has 29 heavy (non-hydrogen) atoms. The van der Waals surface area contributed by atoms with Crippen LogP contribution in [-0.2, 0) is 29.3 Å². The summed E-state index contributed by atoms with van der Waals surface area (Å²) in [6.07, 6.45) is -5.21. The lowest BCUT2D eigenvalue weighted by molar-refractivity contribution is -0.141. The minimum atomic E-state index is -4.69. The molecule has 2 aromatic heterocycles. The van der Waals surface area contributed by atoms with E-state index in [1.165, 1.54) is 23.7 Å². The second-order valence-electron chi connectivity index (χ2n) is 6.13. The normalized spacial score (nSPS) is 16.8. The summed E-state index contributed by atoms with van der Waals surface area (Å²) in [5.74, 6) is -0.746. The SMILES string of the molecule is CN1C(=O)OC[C@H]1COCc1nc(C(F)(F)F)ccc1C(=O)Nc1nnnn1C. The molecule has 3 rings (SSSR count). The molecule has 0 spiro atoms. The van der Waals surface area contributed by atoms with Crippen LogP contribution in [0.2, 0.25) is 0 Å². The number of ether oxygens (including phenoxy) is 2. The summed E-state index contributed by atoms with van der Waals surface area (Å²) in [5.41, 5.74) is -1.52. The van der Waals surface area contributed by atoms with E-state index in [2.05, 4.69) is 25.8 Å². The van der Waals surface area contributed by atoms with Crippen molar-refractivity contribution < 1.29 is 32.2 Å². The Bertz CT molecular complexity index is 918. The number of anilines is 1. The molecule has 0 unspecified atom stereocenters. The number of nitrogens with one attached hydrogen (secondary N) is 1. The number of pyridine rings is 1. The molecule has 1 aliphatic heterocycles. The third-order valence-electron chi connectivity index (χ3n) is 4.14. The number of tetrazole rings is 1. The van der Waals surface area contributed by atoms with Crippen molar-refractivity contribution in [2.75, 3.05) is 25.6 Å². The monoisotopic (exact) mass is 415 g/mol. The van der Waals surface area contributed by atoms with Gasteiger partial charge in [0, 0.05) is 14.1 Å². The van der Waals surface area contributed by atoms with E-state index in [-0.39, 0.29) is 37.0 Å². The molecule has 1 N–H and O–H groups in total. The van der Waals surface area contributed by atoms with Crippen LogP contribution in [0.1, 0.15) is 21.7 Å². The Labute approximate surface area is 161 Å². The fourth-order valence-electron chi connectivity index (χ4n) is 2.46. The summed E-state index contributed by atoms with van der Waals surface area (Å²) in [6.45, 7) is -0.297. The summed E-state index contributed by atoms with van der Waals surface area (Å²) in [4.78, 5) is 28.7. The molecule has 156 valence electrons. The Hall–Kier alpha value is -3.29. The predicted octanol–water partition coefficient (Wildman–Crippen LogP) is 0.843. The molecule has 0 bridgehead atoms. The highest BCUT2D eigenvalue weighted by atomic mass is 19.4. The van der Waals surface area contributed by atoms with Gasteiger partial charge in [0.25, 0.3) is 5.91 Å². The van der Waals surface area contributed by atoms with Crippen LogP contribution in [0.5, 0.6) is 0 Å². The molecular weight excluding hydrogens is 399 g/mol. The fraction of sp³-hybridized carbons (Fsp3) is 0.467. The second kappa shape index (κ2) is 7.98. The van der Waals surface area contributed by atoms with E-state index < -0.39 is 29.9 Å². The number of nitrogens with zero attached hydrogens (tertiary/aromatic N) is 6. The van der Waals surface area contributed by atoms with Gasteiger partial charge in [0.05, 0.1) is 30.5 Å². The minimum Gasteiger partial charge on any atom is -0.447 e. The van der Waals surface area contributed by atoms with Crippen LogP contribution in [0.15, 0.2) is 12.1 Å². The highest BCUT2D eigenvalue weighted by molar-refractivity contribution is 6.04. The van der Waals surface area contributed by atoms with Crippen LogP contribution < -0.4 is 5.32 Å². The fourth-order valence-corrected chi connectivity index (χ4v) is 2.46. The summed E-state index contributed by atoms with van der Waals surface area (Å²) in [6, 6.07) is 1.31. The van der Waals surface area contributed by atoms with Gasteiger partial charge in [0.1, 0.15) is 12.3 Å². The molecule has 3 heterocycles. The zero-order valence-electron chi connectivity index (χ0n) is 15.3. The molecular formula is C15H16F3N7O4. The number of likely N-dealkylation sites (N-methyl/N-ethyl adjacent to an activating group) is 1. The lowest BCUT2D eigenvalue weighted by atomic mass is 10.1. The van der Waals surface area contributed by atoms with Crippen molar-refractivity contribution in [3.05, 3.63) is 29.1 Å². The van der Waals surface area contributed by atoms with E-state index >= 15 is 0 Å². The maximum Gasteiger partial charge on any atom is 0.433 e. The van der Waals surface area contributed by atoms with Crippen LogP contribution in [0.25, 0.3) is 0 Å². The van der Waals surface area contributed by atoms with Crippen molar-refractivity contribution in [1.82, 2.24) is 30.1 Å². The van der Waals surface area contributed by atoms with Crippen molar-refractivity contribution in [3.8, 4) is 0 Å². The smallest absolute Gasteiger partial charge is 0.433 e. The van der Waals surface area contributed by atoms with Gasteiger partial charge in [-0.25, -0.2) is 14.5 Å². The van der Waals surface area contributed by atoms with Crippen molar-refractivity contribution in [2.45, 2.75) is 18.8 Å². The van der Waals surface area contributed by atoms with E-state index in [0.717, 1.165) is 6.07 Å². The Kier molecular flexibility index (Phi) is 5.63. The van der Waals surface area contributed by atoms with E-state index in [9.17, 15) is 22.8 Å². The molecule has 1 atom stereocenters. The summed E-state index contributed by atoms with van der Waals surface area (Å²) >= 11 is 0. The van der Waals surface area contributed by atoms with Gasteiger partial charge in [-0.15, -0.1) is 0 Å². The maximum atomic E-state index is 13.0. The standard InChI is InChI=1S/C15H16F3N7O4/c1-24-8(6-29-14(24)27)5-28-7-10-9(3-4-11(19-10)15(16,17)18)12(26)20-13-21-22-23-25(13)2/h3-4,8H,5-7H2,1-2H3,(H,20,21,23,26)/t8-/m1/s1. The van der Waals surface area contributed by atoms with Crippen molar-refractivity contribution in [1.29, 1.82) is 0 Å². The molecule has 14 heteroatoms. The maximum absolute atomic E-state index is 13.0. The van der Waals surface area contributed by atoms with Crippen molar-refractivity contribution in [2.24, 2.45) is 7.05 Å². The molecule has 2 amide bonds. The first kappa shape index (κ1) is 20.4. The van der Waals surface area contributed by atoms with Gasteiger partial charge in [-0.2, -0.15) is 13.2 Å². The van der Waals surface area contributed by atoms with Gasteiger partial charge >= 0.3 is 12.3 Å². The molecule has 1 aliphatic rings. The zero-order chi connectivity index (χ0) is 21.2. The molecule has 0 saturated carbocycles. The van der Waals surface area contributed by atoms with E-state index in [0.29, 0.717) is 6.07 Å². The number of aryl methyl sites for hydroxylation is 1. The van der Waals surface area contributed by atoms with Crippen molar-refractivity contribution in [3.63, 3.8) is 0 Å². The third-order valence-corrected chi connectivity index (χ3v) is 4.14. The number of hydrogen-bond acceptors (Lipinski definition) is 8. The lowest BCUT2D eigenvalue weighted by Crippen LogP contribution is -2.33. The zero-order valence-corrected chi connectivity index (χ0v) is 15.3. The molecule has 1 fully saturated rings. The lowest BCUT2D eigenvalue weighted by Gasteiger charge is -2.17. The molecule has 1 saturated heterocycles. The number of carbonyl (C=O) groups excluding carboxylic acids is 2. The summed E-state index contributed by atoms with van der Waals surface area (Å²) in [5, 5.41) is 12.9. The van der Waals surface area contributed by atoms with Crippen LogP contribution in [-0.4, -0.2) is 68.4 Å². The number of alkyl halides is 3. The van der Waals surface area contributed by atoms with Crippen LogP contribution >= 0.6 is 0 Å². The number of cyclic esters (lactones) is 1. The predicted molar refractivity (Wildman–Crippen MR) is 88.5 cm³/mol. The Morgan fingerprint density at radius 1 is 1.38 bits per heavy atom. The molecule has 0 aromatic carbocycles. The van der Waals surface area contributed by atoms with Gasteiger partial charge in [-0.05, 0) is 22.6 Å². The Balaban J connectivity index is 1.77. The first-order chi connectivity index (χ1) is 13.7. The van der Waals surface area contributed by atoms with Gasteiger partial charge in [-0.3, -0.25) is 10.1 Å². The van der Waals surface area contributed by atoms with E-state index in [4.69, 9.17) is 9.47 Å². The average molecular weight is 415 g/mol. The first-order valence-electron chi connectivity index (χ1n) is 8.25. The number of halogens is 3. The quantitative estimate of drug-likeness (QED) is 0.736. The number of aromatic nitrogens is 5. The molecule has 0 aliphatic carbocycles. The first-order valence-corrected chi connectivity index (χ1v) is 8.25. The number of rotatable bonds is 6. The van der Waals surface area contributed by atoms with Gasteiger partial charge in [0.2, 0.25) is 5.95 Å². The van der Waals surface area contributed by atoms with Crippen LogP contribution in [0.3, 0.4) is 0 Å². The highest BCUT2D eigenvalue weighted by Gasteiger charge is 2.34. The number of carbonyl (C=O) groups is 2. The molecule has 11 nitrogen and oxygen atoms in total. The van der Waals surface area contributed by atoms with E-state index in [1.807, 2.05) is 0 Å². The number of hydrogen-bond donors (Lipinski definition) is 1. The van der Waals surface area contributed by atoms with Crippen molar-refractivity contribution >= 4 is 17.9 Å². The number of amides is 2. The topological polar surface area (TPSA) is 124 Å². The Morgan fingerprint density at radius 3 is 2.72 bits per heavy atom. The summed E-state index contributed by atoms with van der Waals surface area (Å²) < 4.78 is 50.5. The van der Waals surface area contributed by atoms with E-state index in [1.54, 1.807) is 0 Å². The van der Waals surface area contributed by atoms with Crippen LogP contribution in [0.4, 0.5) is 23.9 Å². The molecule has 2 aromatic rings. The third kappa shape index (κ3) is 4.59. The minimum absolute atomic E-state index is 0.00464.